The molecule has 164 valence electrons. The van der Waals surface area contributed by atoms with E-state index in [1.54, 1.807) is 24.3 Å². The highest BCUT2D eigenvalue weighted by Gasteiger charge is 2.11. The van der Waals surface area contributed by atoms with Crippen LogP contribution in [0.5, 0.6) is 0 Å². The molecule has 0 fully saturated rings. The molecule has 0 saturated heterocycles. The smallest absolute Gasteiger partial charge is 0.229 e. The first kappa shape index (κ1) is 21.8. The minimum absolute atomic E-state index is 0.142. The van der Waals surface area contributed by atoms with Gasteiger partial charge in [0.05, 0.1) is 11.9 Å². The van der Waals surface area contributed by atoms with Crippen LogP contribution in [0, 0.1) is 0 Å². The van der Waals surface area contributed by atoms with Gasteiger partial charge in [-0.15, -0.1) is 11.3 Å². The molecular weight excluding hydrogens is 446 g/mol. The van der Waals surface area contributed by atoms with Crippen LogP contribution in [0.1, 0.15) is 12.2 Å². The fourth-order valence-corrected chi connectivity index (χ4v) is 4.38. The summed E-state index contributed by atoms with van der Waals surface area (Å²) in [5.41, 5.74) is 3.01. The number of rotatable bonds is 8. The van der Waals surface area contributed by atoms with Gasteiger partial charge in [0.25, 0.3) is 0 Å². The van der Waals surface area contributed by atoms with Gasteiger partial charge in [0, 0.05) is 35.0 Å². The van der Waals surface area contributed by atoms with Gasteiger partial charge in [-0.2, -0.15) is 0 Å². The van der Waals surface area contributed by atoms with Gasteiger partial charge in [-0.05, 0) is 24.3 Å². The number of hydrogen-bond acceptors (Lipinski definition) is 6. The van der Waals surface area contributed by atoms with Crippen molar-refractivity contribution in [2.75, 3.05) is 16.3 Å². The zero-order valence-corrected chi connectivity index (χ0v) is 18.9. The maximum absolute atomic E-state index is 12.3. The van der Waals surface area contributed by atoms with Crippen molar-refractivity contribution >= 4 is 38.1 Å². The Morgan fingerprint density at radius 1 is 1.00 bits per heavy atom. The number of anilines is 2. The monoisotopic (exact) mass is 467 g/mol. The molecule has 2 heterocycles. The zero-order valence-electron chi connectivity index (χ0n) is 17.2. The molecule has 0 aliphatic carbocycles. The van der Waals surface area contributed by atoms with Crippen molar-refractivity contribution in [1.82, 2.24) is 4.98 Å². The standard InChI is InChI=1S/C23H21N3O4S2/c1-32(28,29)26-18-9-7-16(8-10-18)20-15-31-23(24-20)25-22(27)14-12-19-11-13-21(30-19)17-5-3-2-4-6-17/h2-11,13,15,26H,12,14H2,1H3,(H,24,25,27). The van der Waals surface area contributed by atoms with Crippen molar-refractivity contribution in [2.24, 2.45) is 0 Å². The molecule has 0 aliphatic heterocycles. The Kier molecular flexibility index (Phi) is 6.38. The molecule has 0 unspecified atom stereocenters. The predicted octanol–water partition coefficient (Wildman–Crippen LogP) is 5.01. The van der Waals surface area contributed by atoms with E-state index in [1.165, 1.54) is 11.3 Å². The molecule has 0 spiro atoms. The van der Waals surface area contributed by atoms with Crippen molar-refractivity contribution in [2.45, 2.75) is 12.8 Å². The highest BCUT2D eigenvalue weighted by atomic mass is 32.2. The first-order valence-corrected chi connectivity index (χ1v) is 12.6. The van der Waals surface area contributed by atoms with Crippen LogP contribution >= 0.6 is 11.3 Å². The van der Waals surface area contributed by atoms with Gasteiger partial charge in [0.15, 0.2) is 5.13 Å². The molecule has 0 aliphatic rings. The molecule has 0 radical (unpaired) electrons. The number of aromatic nitrogens is 1. The van der Waals surface area contributed by atoms with E-state index < -0.39 is 10.0 Å². The minimum Gasteiger partial charge on any atom is -0.461 e. The zero-order chi connectivity index (χ0) is 22.6. The molecule has 4 rings (SSSR count). The Morgan fingerprint density at radius 3 is 2.47 bits per heavy atom. The summed E-state index contributed by atoms with van der Waals surface area (Å²) in [5, 5.41) is 5.17. The van der Waals surface area contributed by atoms with E-state index in [0.717, 1.165) is 28.9 Å². The number of thiazole rings is 1. The largest absolute Gasteiger partial charge is 0.461 e. The summed E-state index contributed by atoms with van der Waals surface area (Å²) in [4.78, 5) is 16.8. The van der Waals surface area contributed by atoms with E-state index in [-0.39, 0.29) is 12.3 Å². The van der Waals surface area contributed by atoms with Crippen LogP contribution in [-0.2, 0) is 21.2 Å². The number of benzene rings is 2. The summed E-state index contributed by atoms with van der Waals surface area (Å²) < 4.78 is 30.9. The number of nitrogens with one attached hydrogen (secondary N) is 2. The molecule has 1 amide bonds. The number of hydrogen-bond donors (Lipinski definition) is 2. The molecule has 32 heavy (non-hydrogen) atoms. The Labute approximate surface area is 190 Å². The van der Waals surface area contributed by atoms with E-state index >= 15 is 0 Å². The maximum Gasteiger partial charge on any atom is 0.229 e. The molecule has 2 aromatic carbocycles. The van der Waals surface area contributed by atoms with Gasteiger partial charge < -0.3 is 9.73 Å². The van der Waals surface area contributed by atoms with Gasteiger partial charge >= 0.3 is 0 Å². The fourth-order valence-electron chi connectivity index (χ4n) is 3.08. The van der Waals surface area contributed by atoms with Crippen LogP contribution in [0.2, 0.25) is 0 Å². The van der Waals surface area contributed by atoms with Crippen molar-refractivity contribution in [1.29, 1.82) is 0 Å². The summed E-state index contributed by atoms with van der Waals surface area (Å²) in [6.07, 6.45) is 1.87. The summed E-state index contributed by atoms with van der Waals surface area (Å²) >= 11 is 1.33. The average molecular weight is 468 g/mol. The molecule has 9 heteroatoms. The van der Waals surface area contributed by atoms with Crippen molar-refractivity contribution in [3.05, 3.63) is 77.9 Å². The second-order valence-corrected chi connectivity index (χ2v) is 9.78. The highest BCUT2D eigenvalue weighted by Crippen LogP contribution is 2.27. The Balaban J connectivity index is 1.32. The Hall–Kier alpha value is -3.43. The second-order valence-electron chi connectivity index (χ2n) is 7.17. The number of aryl methyl sites for hydroxylation is 1. The number of amides is 1. The average Bonchev–Trinajstić information content (AvgIpc) is 3.42. The van der Waals surface area contributed by atoms with Crippen molar-refractivity contribution in [3.8, 4) is 22.6 Å². The van der Waals surface area contributed by atoms with Gasteiger partial charge in [0.1, 0.15) is 11.5 Å². The predicted molar refractivity (Wildman–Crippen MR) is 127 cm³/mol. The van der Waals surface area contributed by atoms with E-state index in [9.17, 15) is 13.2 Å². The second kappa shape index (κ2) is 9.37. The highest BCUT2D eigenvalue weighted by molar-refractivity contribution is 7.92. The molecule has 0 bridgehead atoms. The summed E-state index contributed by atoms with van der Waals surface area (Å²) in [5.74, 6) is 1.39. The third-order valence-corrected chi connectivity index (χ3v) is 5.92. The van der Waals surface area contributed by atoms with E-state index in [2.05, 4.69) is 15.0 Å². The molecule has 0 saturated carbocycles. The van der Waals surface area contributed by atoms with Gasteiger partial charge in [-0.3, -0.25) is 9.52 Å². The Bertz CT molecular complexity index is 1310. The molecule has 2 N–H and O–H groups in total. The first-order chi connectivity index (χ1) is 15.4. The molecule has 7 nitrogen and oxygen atoms in total. The van der Waals surface area contributed by atoms with Crippen LogP contribution in [0.15, 0.2) is 76.5 Å². The summed E-state index contributed by atoms with van der Waals surface area (Å²) in [6.45, 7) is 0. The number of carbonyl (C=O) groups is 1. The van der Waals surface area contributed by atoms with Gasteiger partial charge in [0.2, 0.25) is 15.9 Å². The quantitative estimate of drug-likeness (QED) is 0.379. The third kappa shape index (κ3) is 5.83. The molecule has 4 aromatic rings. The normalized spacial score (nSPS) is 11.3. The number of furan rings is 1. The lowest BCUT2D eigenvalue weighted by Gasteiger charge is -2.04. The SMILES string of the molecule is CS(=O)(=O)Nc1ccc(-c2csc(NC(=O)CCc3ccc(-c4ccccc4)o3)n2)cc1. The van der Waals surface area contributed by atoms with Crippen molar-refractivity contribution < 1.29 is 17.6 Å². The summed E-state index contributed by atoms with van der Waals surface area (Å²) in [7, 11) is -3.32. The first-order valence-electron chi connectivity index (χ1n) is 9.83. The topological polar surface area (TPSA) is 101 Å². The third-order valence-electron chi connectivity index (χ3n) is 4.55. The summed E-state index contributed by atoms with van der Waals surface area (Å²) in [6, 6.07) is 20.5. The van der Waals surface area contributed by atoms with Crippen LogP contribution in [0.4, 0.5) is 10.8 Å². The van der Waals surface area contributed by atoms with Crippen LogP contribution < -0.4 is 10.0 Å². The maximum atomic E-state index is 12.3. The number of nitrogens with zero attached hydrogens (tertiary/aromatic N) is 1. The van der Waals surface area contributed by atoms with E-state index in [0.29, 0.717) is 22.9 Å². The lowest BCUT2D eigenvalue weighted by Crippen LogP contribution is -2.11. The van der Waals surface area contributed by atoms with Crippen LogP contribution in [-0.4, -0.2) is 25.6 Å². The van der Waals surface area contributed by atoms with Crippen LogP contribution in [0.25, 0.3) is 22.6 Å². The molecular formula is C23H21N3O4S2. The van der Waals surface area contributed by atoms with E-state index in [4.69, 9.17) is 4.42 Å². The number of sulfonamides is 1. The Morgan fingerprint density at radius 2 is 1.75 bits per heavy atom. The molecule has 0 atom stereocenters. The van der Waals surface area contributed by atoms with Crippen LogP contribution in [0.3, 0.4) is 0 Å². The van der Waals surface area contributed by atoms with Gasteiger partial charge in [-0.1, -0.05) is 42.5 Å². The lowest BCUT2D eigenvalue weighted by molar-refractivity contribution is -0.116. The van der Waals surface area contributed by atoms with Gasteiger partial charge in [-0.25, -0.2) is 13.4 Å². The molecule has 2 aromatic heterocycles. The number of carbonyl (C=O) groups excluding carboxylic acids is 1. The van der Waals surface area contributed by atoms with Crippen molar-refractivity contribution in [3.63, 3.8) is 0 Å². The minimum atomic E-state index is -3.32. The fraction of sp³-hybridized carbons (Fsp3) is 0.130. The van der Waals surface area contributed by atoms with E-state index in [1.807, 2.05) is 47.8 Å². The lowest BCUT2D eigenvalue weighted by atomic mass is 10.1.